The molecule has 5 aliphatic rings. The molecule has 9 rings (SSSR count). The Kier molecular flexibility index (Phi) is 11.1. The first-order chi connectivity index (χ1) is 29.7. The summed E-state index contributed by atoms with van der Waals surface area (Å²) in [5, 5.41) is 6.16. The number of nitrogens with one attached hydrogen (secondary N) is 3. The SMILES string of the molecule is CC(C)(C)c1ccc(-c2nc(O[C@@H]3C[C@H]4C(=O)N[C@]5(C(=O)NS(=O)(=O)C6CC6)C[C@H]5/C=C\CCCCC[C@H](NC(=O)C5CCCC5)C(=O)N4C3)c3oc4ccccc4c3n2)cc1. The summed E-state index contributed by atoms with van der Waals surface area (Å²) in [6.45, 7) is 6.42. The van der Waals surface area contributed by atoms with Gasteiger partial charge in [0.2, 0.25) is 33.3 Å². The molecule has 62 heavy (non-hydrogen) atoms. The summed E-state index contributed by atoms with van der Waals surface area (Å²) in [6.07, 6.45) is 11.2. The predicted molar refractivity (Wildman–Crippen MR) is 233 cm³/mol. The summed E-state index contributed by atoms with van der Waals surface area (Å²) in [4.78, 5) is 68.3. The number of carbonyl (C=O) groups excluding carboxylic acids is 4. The second-order valence-electron chi connectivity index (χ2n) is 19.0. The van der Waals surface area contributed by atoms with Crippen LogP contribution < -0.4 is 20.1 Å². The van der Waals surface area contributed by atoms with Gasteiger partial charge in [-0.3, -0.25) is 23.9 Å². The zero-order chi connectivity index (χ0) is 43.4. The first kappa shape index (κ1) is 42.0. The minimum atomic E-state index is -3.91. The van der Waals surface area contributed by atoms with Crippen LogP contribution in [-0.2, 0) is 34.6 Å². The maximum atomic E-state index is 14.9. The lowest BCUT2D eigenvalue weighted by Gasteiger charge is -2.30. The third kappa shape index (κ3) is 8.44. The molecule has 2 aromatic carbocycles. The number of carbonyl (C=O) groups is 4. The van der Waals surface area contributed by atoms with Gasteiger partial charge < -0.3 is 24.7 Å². The number of hydrogen-bond acceptors (Lipinski definition) is 10. The number of ether oxygens (including phenoxy) is 1. The molecule has 328 valence electrons. The maximum absolute atomic E-state index is 14.9. The van der Waals surface area contributed by atoms with Gasteiger partial charge in [0, 0.05) is 29.2 Å². The molecule has 5 atom stereocenters. The molecule has 0 spiro atoms. The highest BCUT2D eigenvalue weighted by molar-refractivity contribution is 7.91. The highest BCUT2D eigenvalue weighted by Gasteiger charge is 2.62. The topological polar surface area (TPSA) is 190 Å². The lowest BCUT2D eigenvalue weighted by Crippen LogP contribution is -2.58. The molecule has 0 radical (unpaired) electrons. The van der Waals surface area contributed by atoms with E-state index in [1.165, 1.54) is 4.90 Å². The second-order valence-corrected chi connectivity index (χ2v) is 21.0. The fourth-order valence-corrected chi connectivity index (χ4v) is 10.7. The summed E-state index contributed by atoms with van der Waals surface area (Å²) in [6, 6.07) is 13.6. The van der Waals surface area contributed by atoms with Gasteiger partial charge in [-0.15, -0.1) is 0 Å². The number of para-hydroxylation sites is 1. The summed E-state index contributed by atoms with van der Waals surface area (Å²) in [5.74, 6) is -1.98. The number of hydrogen-bond donors (Lipinski definition) is 3. The van der Waals surface area contributed by atoms with Crippen LogP contribution >= 0.6 is 0 Å². The molecule has 4 aromatic rings. The third-order valence-electron chi connectivity index (χ3n) is 13.4. The summed E-state index contributed by atoms with van der Waals surface area (Å²) < 4.78 is 41.3. The number of amides is 4. The predicted octanol–water partition coefficient (Wildman–Crippen LogP) is 6.37. The van der Waals surface area contributed by atoms with Gasteiger partial charge >= 0.3 is 0 Å². The number of aromatic nitrogens is 2. The van der Waals surface area contributed by atoms with Gasteiger partial charge in [-0.05, 0) is 74.5 Å². The maximum Gasteiger partial charge on any atom is 0.262 e. The van der Waals surface area contributed by atoms with Crippen LogP contribution in [0.3, 0.4) is 0 Å². The molecule has 4 amide bonds. The van der Waals surface area contributed by atoms with E-state index in [4.69, 9.17) is 19.1 Å². The van der Waals surface area contributed by atoms with E-state index in [-0.39, 0.29) is 42.5 Å². The molecular formula is C47H56N6O8S. The highest BCUT2D eigenvalue weighted by Crippen LogP contribution is 2.46. The quantitative estimate of drug-likeness (QED) is 0.168. The van der Waals surface area contributed by atoms with Gasteiger partial charge in [0.25, 0.3) is 11.8 Å². The van der Waals surface area contributed by atoms with E-state index in [1.807, 2.05) is 48.6 Å². The molecule has 4 heterocycles. The van der Waals surface area contributed by atoms with Gasteiger partial charge in [-0.1, -0.05) is 95.0 Å². The smallest absolute Gasteiger partial charge is 0.262 e. The Hall–Kier alpha value is -5.31. The van der Waals surface area contributed by atoms with E-state index in [0.717, 1.165) is 61.5 Å². The Bertz CT molecular complexity index is 2540. The van der Waals surface area contributed by atoms with E-state index < -0.39 is 62.6 Å². The van der Waals surface area contributed by atoms with Gasteiger partial charge in [0.15, 0.2) is 5.82 Å². The van der Waals surface area contributed by atoms with Crippen LogP contribution in [0.1, 0.15) is 110 Å². The Balaban J connectivity index is 1.06. The molecule has 2 aliphatic heterocycles. The van der Waals surface area contributed by atoms with Crippen LogP contribution in [0.2, 0.25) is 0 Å². The zero-order valence-corrected chi connectivity index (χ0v) is 36.5. The lowest BCUT2D eigenvalue weighted by atomic mass is 9.87. The largest absolute Gasteiger partial charge is 0.470 e. The number of nitrogens with zero attached hydrogens (tertiary/aromatic N) is 3. The molecule has 3 N–H and O–H groups in total. The highest BCUT2D eigenvalue weighted by atomic mass is 32.2. The molecule has 15 heteroatoms. The Labute approximate surface area is 362 Å². The molecule has 3 saturated carbocycles. The Morgan fingerprint density at radius 2 is 1.68 bits per heavy atom. The van der Waals surface area contributed by atoms with Crippen molar-refractivity contribution in [2.24, 2.45) is 11.8 Å². The van der Waals surface area contributed by atoms with Crippen molar-refractivity contribution in [1.82, 2.24) is 30.2 Å². The molecule has 1 saturated heterocycles. The number of fused-ring (bicyclic) bond motifs is 5. The average Bonchev–Trinajstić information content (AvgIpc) is 4.03. The fourth-order valence-electron chi connectivity index (χ4n) is 9.38. The number of benzene rings is 2. The minimum absolute atomic E-state index is 0.0212. The van der Waals surface area contributed by atoms with Crippen LogP contribution in [-0.4, -0.2) is 82.4 Å². The second kappa shape index (κ2) is 16.4. The first-order valence-corrected chi connectivity index (χ1v) is 23.9. The van der Waals surface area contributed by atoms with Crippen molar-refractivity contribution < 1.29 is 36.7 Å². The number of sulfonamides is 1. The first-order valence-electron chi connectivity index (χ1n) is 22.3. The molecule has 14 nitrogen and oxygen atoms in total. The van der Waals surface area contributed by atoms with Crippen molar-refractivity contribution in [2.45, 2.75) is 139 Å². The molecule has 4 fully saturated rings. The van der Waals surface area contributed by atoms with E-state index in [0.29, 0.717) is 48.2 Å². The van der Waals surface area contributed by atoms with Crippen molar-refractivity contribution in [3.8, 4) is 17.3 Å². The van der Waals surface area contributed by atoms with Crippen molar-refractivity contribution in [3.63, 3.8) is 0 Å². The van der Waals surface area contributed by atoms with Crippen LogP contribution in [0.25, 0.3) is 33.5 Å². The number of allylic oxidation sites excluding steroid dienone is 1. The standard InChI is InChI=1S/C47H56N6O8S/c1-46(2,3)30-21-19-28(20-22-30)40-49-38-34-16-11-12-18-37(34)61-39(38)43(50-40)60-32-25-36-42(55)51-47(45(57)52-62(58,59)33-23-24-33)26-31(47)15-7-5-4-6-8-17-35(44(56)53(36)27-32)48-41(54)29-13-9-10-14-29/h7,11-12,15-16,18-22,29,31-33,35-36H,4-6,8-10,13-14,17,23-27H2,1-3H3,(H,48,54)(H,51,55)(H,52,57)/b15-7-/t31-,32-,35+,36+,47-/m1/s1. The van der Waals surface area contributed by atoms with E-state index in [9.17, 15) is 27.6 Å². The molecule has 2 aromatic heterocycles. The average molecular weight is 865 g/mol. The summed E-state index contributed by atoms with van der Waals surface area (Å²) in [5.41, 5.74) is 1.82. The van der Waals surface area contributed by atoms with Crippen molar-refractivity contribution in [3.05, 3.63) is 66.2 Å². The molecule has 0 bridgehead atoms. The fraction of sp³-hybridized carbons (Fsp3) is 0.532. The van der Waals surface area contributed by atoms with E-state index in [2.05, 4.69) is 48.3 Å². The van der Waals surface area contributed by atoms with Crippen LogP contribution in [0.5, 0.6) is 5.88 Å². The normalized spacial score (nSPS) is 26.9. The monoisotopic (exact) mass is 864 g/mol. The van der Waals surface area contributed by atoms with Crippen molar-refractivity contribution in [1.29, 1.82) is 0 Å². The minimum Gasteiger partial charge on any atom is -0.470 e. The number of furan rings is 1. The lowest BCUT2D eigenvalue weighted by molar-refractivity contribution is -0.143. The van der Waals surface area contributed by atoms with E-state index >= 15 is 0 Å². The van der Waals surface area contributed by atoms with Gasteiger partial charge in [0.1, 0.15) is 34.8 Å². The van der Waals surface area contributed by atoms with Gasteiger partial charge in [-0.25, -0.2) is 13.4 Å². The number of rotatable bonds is 8. The Morgan fingerprint density at radius 3 is 2.42 bits per heavy atom. The summed E-state index contributed by atoms with van der Waals surface area (Å²) >= 11 is 0. The van der Waals surface area contributed by atoms with Crippen LogP contribution in [0.15, 0.2) is 65.1 Å². The van der Waals surface area contributed by atoms with Crippen molar-refractivity contribution >= 4 is 55.7 Å². The van der Waals surface area contributed by atoms with Crippen LogP contribution in [0, 0.1) is 11.8 Å². The van der Waals surface area contributed by atoms with E-state index in [1.54, 1.807) is 0 Å². The molecule has 0 unspecified atom stereocenters. The van der Waals surface area contributed by atoms with Gasteiger partial charge in [-0.2, -0.15) is 4.98 Å². The Morgan fingerprint density at radius 1 is 0.935 bits per heavy atom. The zero-order valence-electron chi connectivity index (χ0n) is 35.7. The molecular weight excluding hydrogens is 809 g/mol. The molecule has 3 aliphatic carbocycles. The summed E-state index contributed by atoms with van der Waals surface area (Å²) in [7, 11) is -3.91. The van der Waals surface area contributed by atoms with Gasteiger partial charge in [0.05, 0.1) is 11.8 Å². The third-order valence-corrected chi connectivity index (χ3v) is 15.2. The van der Waals surface area contributed by atoms with Crippen LogP contribution in [0.4, 0.5) is 0 Å². The van der Waals surface area contributed by atoms with Crippen molar-refractivity contribution in [2.75, 3.05) is 6.54 Å².